The zero-order valence-electron chi connectivity index (χ0n) is 13.1. The molecule has 4 rings (SSSR count). The predicted molar refractivity (Wildman–Crippen MR) is 84.3 cm³/mol. The van der Waals surface area contributed by atoms with Crippen LogP contribution < -0.4 is 5.32 Å². The molecule has 0 aromatic heterocycles. The second-order valence-corrected chi connectivity index (χ2v) is 7.06. The third-order valence-electron chi connectivity index (χ3n) is 5.66. The van der Waals surface area contributed by atoms with E-state index in [1.807, 2.05) is 31.2 Å². The highest BCUT2D eigenvalue weighted by atomic mass is 16.2. The largest absolute Gasteiger partial charge is 0.325 e. The Bertz CT molecular complexity index is 654. The van der Waals surface area contributed by atoms with E-state index >= 15 is 0 Å². The Morgan fingerprint density at radius 1 is 1.09 bits per heavy atom. The number of amides is 3. The van der Waals surface area contributed by atoms with Crippen LogP contribution in [-0.4, -0.2) is 29.2 Å². The molecule has 0 spiro atoms. The van der Waals surface area contributed by atoms with Crippen molar-refractivity contribution in [1.82, 2.24) is 4.90 Å². The van der Waals surface area contributed by atoms with Gasteiger partial charge in [-0.15, -0.1) is 0 Å². The molecule has 0 unspecified atom stereocenters. The van der Waals surface area contributed by atoms with Gasteiger partial charge in [0.2, 0.25) is 17.7 Å². The Balaban J connectivity index is 1.44. The number of carbonyl (C=O) groups excluding carboxylic acids is 3. The Labute approximate surface area is 135 Å². The van der Waals surface area contributed by atoms with Gasteiger partial charge in [-0.1, -0.05) is 17.7 Å². The van der Waals surface area contributed by atoms with E-state index in [2.05, 4.69) is 5.32 Å². The van der Waals surface area contributed by atoms with Crippen molar-refractivity contribution in [3.63, 3.8) is 0 Å². The molecule has 1 aromatic carbocycles. The Morgan fingerprint density at radius 3 is 2.22 bits per heavy atom. The van der Waals surface area contributed by atoms with Crippen LogP contribution in [0.5, 0.6) is 0 Å². The number of benzene rings is 1. The summed E-state index contributed by atoms with van der Waals surface area (Å²) in [6.45, 7) is 1.80. The summed E-state index contributed by atoms with van der Waals surface area (Å²) in [6.07, 6.45) is 3.11. The summed E-state index contributed by atoms with van der Waals surface area (Å²) < 4.78 is 0. The number of fused-ring (bicyclic) bond motifs is 5. The number of rotatable bonds is 3. The van der Waals surface area contributed by atoms with Crippen LogP contribution in [0.2, 0.25) is 0 Å². The minimum Gasteiger partial charge on any atom is -0.325 e. The minimum absolute atomic E-state index is 0.133. The summed E-state index contributed by atoms with van der Waals surface area (Å²) in [4.78, 5) is 38.5. The number of aryl methyl sites for hydroxylation is 1. The molecule has 3 amide bonds. The van der Waals surface area contributed by atoms with Crippen LogP contribution in [0.4, 0.5) is 5.69 Å². The first kappa shape index (κ1) is 14.4. The quantitative estimate of drug-likeness (QED) is 0.868. The summed E-state index contributed by atoms with van der Waals surface area (Å²) >= 11 is 0. The fourth-order valence-electron chi connectivity index (χ4n) is 4.61. The van der Waals surface area contributed by atoms with E-state index in [1.54, 1.807) is 0 Å². The molecule has 1 aliphatic heterocycles. The van der Waals surface area contributed by atoms with Crippen molar-refractivity contribution in [3.8, 4) is 0 Å². The second kappa shape index (κ2) is 5.18. The summed E-state index contributed by atoms with van der Waals surface area (Å²) in [5.74, 6) is -0.194. The average Bonchev–Trinajstić information content (AvgIpc) is 3.19. The maximum Gasteiger partial charge on any atom is 0.244 e. The molecule has 3 fully saturated rings. The summed E-state index contributed by atoms with van der Waals surface area (Å²) in [6, 6.07) is 7.44. The maximum absolute atomic E-state index is 12.5. The molecule has 4 atom stereocenters. The van der Waals surface area contributed by atoms with E-state index in [1.165, 1.54) is 4.90 Å². The standard InChI is InChI=1S/C18H20N2O3/c1-10-2-6-13(7-3-10)19-14(21)9-20-17(22)15-11-4-5-12(8-11)16(15)18(20)23/h2-3,6-7,11-12,15-16H,4-5,8-9H2,1H3,(H,19,21)/t11-,12+,15-,16+. The van der Waals surface area contributed by atoms with Crippen molar-refractivity contribution in [2.75, 3.05) is 11.9 Å². The lowest BCUT2D eigenvalue weighted by molar-refractivity contribution is -0.143. The van der Waals surface area contributed by atoms with Crippen molar-refractivity contribution < 1.29 is 14.4 Å². The lowest BCUT2D eigenvalue weighted by atomic mass is 9.81. The third-order valence-corrected chi connectivity index (χ3v) is 5.66. The molecular weight excluding hydrogens is 292 g/mol. The van der Waals surface area contributed by atoms with Crippen molar-refractivity contribution in [1.29, 1.82) is 0 Å². The molecular formula is C18H20N2O3. The van der Waals surface area contributed by atoms with Crippen LogP contribution in [0, 0.1) is 30.6 Å². The molecule has 2 aliphatic carbocycles. The lowest BCUT2D eigenvalue weighted by Crippen LogP contribution is -2.39. The van der Waals surface area contributed by atoms with Crippen LogP contribution in [-0.2, 0) is 14.4 Å². The SMILES string of the molecule is Cc1ccc(NC(=O)CN2C(=O)[C@@H]3[C@@H]4CC[C@@H](C4)[C@@H]3C2=O)cc1. The molecule has 23 heavy (non-hydrogen) atoms. The van der Waals surface area contributed by atoms with Crippen LogP contribution in [0.15, 0.2) is 24.3 Å². The average molecular weight is 312 g/mol. The topological polar surface area (TPSA) is 66.5 Å². The summed E-state index contributed by atoms with van der Waals surface area (Å²) in [5.41, 5.74) is 1.79. The van der Waals surface area contributed by atoms with Gasteiger partial charge in [0.25, 0.3) is 0 Å². The summed E-state index contributed by atoms with van der Waals surface area (Å²) in [5, 5.41) is 2.76. The normalized spacial score (nSPS) is 31.6. The Hall–Kier alpha value is -2.17. The Morgan fingerprint density at radius 2 is 1.65 bits per heavy atom. The highest BCUT2D eigenvalue weighted by molar-refractivity contribution is 6.09. The van der Waals surface area contributed by atoms with Gasteiger partial charge >= 0.3 is 0 Å². The monoisotopic (exact) mass is 312 g/mol. The highest BCUT2D eigenvalue weighted by Crippen LogP contribution is 2.56. The fourth-order valence-corrected chi connectivity index (χ4v) is 4.61. The van der Waals surface area contributed by atoms with E-state index in [0.717, 1.165) is 24.8 Å². The van der Waals surface area contributed by atoms with E-state index in [9.17, 15) is 14.4 Å². The lowest BCUT2D eigenvalue weighted by Gasteiger charge is -2.19. The van der Waals surface area contributed by atoms with Crippen molar-refractivity contribution >= 4 is 23.4 Å². The van der Waals surface area contributed by atoms with Gasteiger partial charge in [-0.05, 0) is 50.2 Å². The number of carbonyl (C=O) groups is 3. The molecule has 1 saturated heterocycles. The third kappa shape index (κ3) is 2.26. The van der Waals surface area contributed by atoms with Crippen LogP contribution in [0.1, 0.15) is 24.8 Å². The van der Waals surface area contributed by atoms with Gasteiger partial charge in [0.05, 0.1) is 11.8 Å². The van der Waals surface area contributed by atoms with E-state index in [0.29, 0.717) is 17.5 Å². The molecule has 120 valence electrons. The second-order valence-electron chi connectivity index (χ2n) is 7.06. The molecule has 2 bridgehead atoms. The fraction of sp³-hybridized carbons (Fsp3) is 0.500. The van der Waals surface area contributed by atoms with Crippen LogP contribution >= 0.6 is 0 Å². The molecule has 5 nitrogen and oxygen atoms in total. The van der Waals surface area contributed by atoms with Crippen LogP contribution in [0.3, 0.4) is 0 Å². The molecule has 1 heterocycles. The molecule has 1 N–H and O–H groups in total. The first-order valence-electron chi connectivity index (χ1n) is 8.26. The van der Waals surface area contributed by atoms with Gasteiger partial charge in [0, 0.05) is 5.69 Å². The van der Waals surface area contributed by atoms with E-state index < -0.39 is 0 Å². The van der Waals surface area contributed by atoms with Crippen molar-refractivity contribution in [2.45, 2.75) is 26.2 Å². The maximum atomic E-state index is 12.5. The smallest absolute Gasteiger partial charge is 0.244 e. The van der Waals surface area contributed by atoms with Gasteiger partial charge in [0.15, 0.2) is 0 Å². The molecule has 3 aliphatic rings. The van der Waals surface area contributed by atoms with E-state index in [4.69, 9.17) is 0 Å². The van der Waals surface area contributed by atoms with Gasteiger partial charge in [-0.25, -0.2) is 0 Å². The number of imide groups is 1. The number of likely N-dealkylation sites (tertiary alicyclic amines) is 1. The van der Waals surface area contributed by atoms with Gasteiger partial charge < -0.3 is 5.32 Å². The number of nitrogens with one attached hydrogen (secondary N) is 1. The van der Waals surface area contributed by atoms with Crippen molar-refractivity contribution in [3.05, 3.63) is 29.8 Å². The predicted octanol–water partition coefficient (Wildman–Crippen LogP) is 1.96. The molecule has 5 heteroatoms. The van der Waals surface area contributed by atoms with Gasteiger partial charge in [-0.3, -0.25) is 19.3 Å². The summed E-state index contributed by atoms with van der Waals surface area (Å²) in [7, 11) is 0. The minimum atomic E-state index is -0.317. The zero-order valence-corrected chi connectivity index (χ0v) is 13.1. The first-order chi connectivity index (χ1) is 11.0. The zero-order chi connectivity index (χ0) is 16.1. The van der Waals surface area contributed by atoms with Gasteiger partial charge in [0.1, 0.15) is 6.54 Å². The molecule has 1 aromatic rings. The van der Waals surface area contributed by atoms with E-state index in [-0.39, 0.29) is 36.1 Å². The number of anilines is 1. The number of hydrogen-bond acceptors (Lipinski definition) is 3. The number of nitrogens with zero attached hydrogens (tertiary/aromatic N) is 1. The highest BCUT2D eigenvalue weighted by Gasteiger charge is 2.60. The van der Waals surface area contributed by atoms with Crippen molar-refractivity contribution in [2.24, 2.45) is 23.7 Å². The molecule has 2 saturated carbocycles. The molecule has 0 radical (unpaired) electrons. The van der Waals surface area contributed by atoms with Crippen LogP contribution in [0.25, 0.3) is 0 Å². The van der Waals surface area contributed by atoms with Gasteiger partial charge in [-0.2, -0.15) is 0 Å². The Kier molecular flexibility index (Phi) is 3.25. The number of hydrogen-bond donors (Lipinski definition) is 1. The first-order valence-corrected chi connectivity index (χ1v) is 8.26.